The van der Waals surface area contributed by atoms with Gasteiger partial charge < -0.3 is 15.1 Å². The Hall–Kier alpha value is -3.63. The summed E-state index contributed by atoms with van der Waals surface area (Å²) in [5.74, 6) is 2.32. The van der Waals surface area contributed by atoms with E-state index >= 15 is 0 Å². The number of carbonyl (C=O) groups is 1. The average molecular weight is 527 g/mol. The van der Waals surface area contributed by atoms with E-state index in [4.69, 9.17) is 15.0 Å². The van der Waals surface area contributed by atoms with Gasteiger partial charge in [0.2, 0.25) is 11.9 Å². The van der Waals surface area contributed by atoms with Crippen molar-refractivity contribution >= 4 is 50.7 Å². The molecule has 3 aliphatic rings. The molecule has 2 saturated heterocycles. The quantitative estimate of drug-likeness (QED) is 0.419. The number of likely N-dealkylation sites (tertiary alicyclic amines) is 1. The first-order valence-corrected chi connectivity index (χ1v) is 14.0. The minimum absolute atomic E-state index is 0.0833. The molecule has 10 heteroatoms. The number of carbonyl (C=O) groups excluding carboxylic acids is 1. The summed E-state index contributed by atoms with van der Waals surface area (Å²) in [4.78, 5) is 38.1. The van der Waals surface area contributed by atoms with Crippen LogP contribution in [-0.2, 0) is 11.2 Å². The second kappa shape index (κ2) is 8.99. The van der Waals surface area contributed by atoms with Gasteiger partial charge in [0, 0.05) is 73.9 Å². The summed E-state index contributed by atoms with van der Waals surface area (Å²) in [5, 5.41) is 4.35. The lowest BCUT2D eigenvalue weighted by molar-refractivity contribution is -0.116. The number of rotatable bonds is 4. The van der Waals surface area contributed by atoms with Crippen LogP contribution in [-0.4, -0.2) is 69.5 Å². The smallest absolute Gasteiger partial charge is 0.227 e. The topological polar surface area (TPSA) is 90.4 Å². The molecular formula is C28H30N8OS. The third kappa shape index (κ3) is 3.99. The van der Waals surface area contributed by atoms with Crippen molar-refractivity contribution in [3.05, 3.63) is 47.8 Å². The van der Waals surface area contributed by atoms with Crippen molar-refractivity contribution in [1.29, 1.82) is 0 Å². The number of hydrogen-bond acceptors (Lipinski definition) is 9. The molecule has 2 fully saturated rings. The molecule has 2 bridgehead atoms. The van der Waals surface area contributed by atoms with Crippen molar-refractivity contribution in [2.45, 2.75) is 45.2 Å². The number of likely N-dealkylation sites (N-methyl/N-ethyl adjacent to an activating group) is 1. The van der Waals surface area contributed by atoms with Crippen LogP contribution < -0.4 is 15.1 Å². The van der Waals surface area contributed by atoms with E-state index in [1.54, 1.807) is 18.3 Å². The zero-order valence-corrected chi connectivity index (χ0v) is 22.6. The van der Waals surface area contributed by atoms with Gasteiger partial charge in [-0.1, -0.05) is 12.1 Å². The second-order valence-corrected chi connectivity index (χ2v) is 11.6. The van der Waals surface area contributed by atoms with Crippen molar-refractivity contribution < 1.29 is 4.79 Å². The summed E-state index contributed by atoms with van der Waals surface area (Å²) in [6.45, 7) is 6.45. The van der Waals surface area contributed by atoms with Crippen molar-refractivity contribution in [1.82, 2.24) is 24.8 Å². The number of hydrogen-bond donors (Lipinski definition) is 1. The maximum absolute atomic E-state index is 12.2. The fourth-order valence-corrected chi connectivity index (χ4v) is 7.13. The third-order valence-electron chi connectivity index (χ3n) is 8.01. The summed E-state index contributed by atoms with van der Waals surface area (Å²) < 4.78 is 1.03. The van der Waals surface area contributed by atoms with Crippen LogP contribution in [0.5, 0.6) is 0 Å². The summed E-state index contributed by atoms with van der Waals surface area (Å²) in [5.41, 5.74) is 5.13. The Balaban J connectivity index is 1.17. The molecule has 4 aromatic rings. The molecule has 7 rings (SSSR count). The van der Waals surface area contributed by atoms with Gasteiger partial charge in [-0.05, 0) is 44.9 Å². The van der Waals surface area contributed by atoms with Gasteiger partial charge in [-0.3, -0.25) is 9.69 Å². The molecule has 0 spiro atoms. The van der Waals surface area contributed by atoms with Crippen LogP contribution in [0.3, 0.4) is 0 Å². The van der Waals surface area contributed by atoms with E-state index in [1.807, 2.05) is 42.3 Å². The predicted octanol–water partition coefficient (Wildman–Crippen LogP) is 4.39. The number of anilines is 4. The number of amides is 1. The first-order chi connectivity index (χ1) is 18.4. The van der Waals surface area contributed by atoms with E-state index in [1.165, 1.54) is 12.0 Å². The number of nitrogens with one attached hydrogen (secondary N) is 1. The Morgan fingerprint density at radius 3 is 2.79 bits per heavy atom. The van der Waals surface area contributed by atoms with E-state index < -0.39 is 0 Å². The molecular weight excluding hydrogens is 496 g/mol. The van der Waals surface area contributed by atoms with Crippen LogP contribution in [0.25, 0.3) is 20.8 Å². The van der Waals surface area contributed by atoms with Gasteiger partial charge in [-0.2, -0.15) is 4.98 Å². The molecule has 0 aliphatic carbocycles. The molecule has 1 aromatic carbocycles. The lowest BCUT2D eigenvalue weighted by Gasteiger charge is -2.32. The molecule has 0 saturated carbocycles. The fourth-order valence-electron chi connectivity index (χ4n) is 6.16. The lowest BCUT2D eigenvalue weighted by atomic mass is 9.96. The van der Waals surface area contributed by atoms with Gasteiger partial charge in [0.15, 0.2) is 0 Å². The van der Waals surface area contributed by atoms with Gasteiger partial charge >= 0.3 is 0 Å². The summed E-state index contributed by atoms with van der Waals surface area (Å²) in [7, 11) is 2.20. The Labute approximate surface area is 225 Å². The van der Waals surface area contributed by atoms with Crippen molar-refractivity contribution in [2.24, 2.45) is 0 Å². The zero-order chi connectivity index (χ0) is 26.0. The van der Waals surface area contributed by atoms with E-state index in [2.05, 4.69) is 33.2 Å². The molecule has 3 aromatic heterocycles. The number of nitrogens with zero attached hydrogens (tertiary/aromatic N) is 7. The number of fused-ring (bicyclic) bond motifs is 4. The van der Waals surface area contributed by atoms with E-state index in [9.17, 15) is 4.79 Å². The number of benzene rings is 1. The van der Waals surface area contributed by atoms with Crippen molar-refractivity contribution in [2.75, 3.05) is 41.8 Å². The molecule has 6 heterocycles. The Bertz CT molecular complexity index is 1570. The number of aryl methyl sites for hydroxylation is 1. The van der Waals surface area contributed by atoms with Crippen LogP contribution in [0.4, 0.5) is 23.3 Å². The molecule has 1 N–H and O–H groups in total. The largest absolute Gasteiger partial charge is 0.335 e. The van der Waals surface area contributed by atoms with Gasteiger partial charge in [-0.15, -0.1) is 11.3 Å². The van der Waals surface area contributed by atoms with Gasteiger partial charge in [0.1, 0.15) is 16.6 Å². The molecule has 194 valence electrons. The monoisotopic (exact) mass is 526 g/mol. The summed E-state index contributed by atoms with van der Waals surface area (Å²) >= 11 is 1.64. The highest BCUT2D eigenvalue weighted by atomic mass is 32.1. The highest BCUT2D eigenvalue weighted by molar-refractivity contribution is 7.21. The first kappa shape index (κ1) is 23.5. The highest BCUT2D eigenvalue weighted by Gasteiger charge is 2.42. The SMILES string of the molecule is CC(=O)N1CCCc2c(-c3nc4cc(Nc5cc(C)nc(N6C[C@@H]7C[C@H]6CN7C)n5)ncc4s3)cccc21. The van der Waals surface area contributed by atoms with Crippen molar-refractivity contribution in [3.63, 3.8) is 0 Å². The van der Waals surface area contributed by atoms with E-state index in [-0.39, 0.29) is 5.91 Å². The van der Waals surface area contributed by atoms with Gasteiger partial charge in [-0.25, -0.2) is 15.0 Å². The van der Waals surface area contributed by atoms with Crippen LogP contribution in [0.1, 0.15) is 31.0 Å². The molecule has 0 radical (unpaired) electrons. The van der Waals surface area contributed by atoms with Crippen LogP contribution in [0.2, 0.25) is 0 Å². The third-order valence-corrected chi connectivity index (χ3v) is 9.05. The van der Waals surface area contributed by atoms with E-state index in [0.717, 1.165) is 76.4 Å². The maximum Gasteiger partial charge on any atom is 0.227 e. The molecule has 3 aliphatic heterocycles. The molecule has 0 unspecified atom stereocenters. The van der Waals surface area contributed by atoms with Crippen LogP contribution in [0.15, 0.2) is 36.5 Å². The fraction of sp³-hybridized carbons (Fsp3) is 0.393. The number of pyridine rings is 1. The molecule has 38 heavy (non-hydrogen) atoms. The van der Waals surface area contributed by atoms with E-state index in [0.29, 0.717) is 17.9 Å². The minimum Gasteiger partial charge on any atom is -0.335 e. The summed E-state index contributed by atoms with van der Waals surface area (Å²) in [6, 6.07) is 11.2. The minimum atomic E-state index is 0.0833. The standard InChI is InChI=1S/C28H30N8OS/c1-16-10-26(33-28(30-16)36-15-18-11-19(36)14-34(18)3)32-25-12-22-24(13-29-25)38-27(31-22)21-6-4-8-23-20(21)7-5-9-35(23)17(2)37/h4,6,8,10,12-13,18-19H,5,7,9,11,14-15H2,1-3H3,(H,29,30,32,33)/t18-,19-/m0/s1. The summed E-state index contributed by atoms with van der Waals surface area (Å²) in [6.07, 6.45) is 4.96. The Morgan fingerprint density at radius 1 is 1.11 bits per heavy atom. The van der Waals surface area contributed by atoms with Crippen molar-refractivity contribution in [3.8, 4) is 10.6 Å². The Kier molecular flexibility index (Phi) is 5.55. The number of thiazole rings is 1. The first-order valence-electron chi connectivity index (χ1n) is 13.2. The second-order valence-electron chi connectivity index (χ2n) is 10.6. The number of aromatic nitrogens is 4. The van der Waals surface area contributed by atoms with Crippen LogP contribution >= 0.6 is 11.3 Å². The van der Waals surface area contributed by atoms with Gasteiger partial charge in [0.05, 0.1) is 10.2 Å². The van der Waals surface area contributed by atoms with Crippen LogP contribution in [0, 0.1) is 6.92 Å². The number of piperazine rings is 1. The normalized spacial score (nSPS) is 20.8. The molecule has 9 nitrogen and oxygen atoms in total. The zero-order valence-electron chi connectivity index (χ0n) is 21.8. The Morgan fingerprint density at radius 2 is 2.00 bits per heavy atom. The average Bonchev–Trinajstić information content (AvgIpc) is 3.61. The lowest BCUT2D eigenvalue weighted by Crippen LogP contribution is -2.45. The molecule has 2 atom stereocenters. The van der Waals surface area contributed by atoms with Gasteiger partial charge in [0.25, 0.3) is 0 Å². The predicted molar refractivity (Wildman–Crippen MR) is 151 cm³/mol. The molecule has 1 amide bonds. The highest BCUT2D eigenvalue weighted by Crippen LogP contribution is 2.39. The maximum atomic E-state index is 12.2.